The van der Waals surface area contributed by atoms with Crippen molar-refractivity contribution in [2.45, 2.75) is 50.7 Å². The minimum atomic E-state index is -3.26. The van der Waals surface area contributed by atoms with Gasteiger partial charge >= 0.3 is 5.97 Å². The molecule has 1 unspecified atom stereocenters. The van der Waals surface area contributed by atoms with Gasteiger partial charge in [-0.15, -0.1) is 0 Å². The Balaban J connectivity index is 2.66. The molecule has 0 aliphatic carbocycles. The maximum atomic E-state index is 15.4. The van der Waals surface area contributed by atoms with E-state index in [1.54, 1.807) is 0 Å². The highest BCUT2D eigenvalue weighted by Gasteiger charge is 2.57. The number of ether oxygens (including phenoxy) is 3. The molecule has 0 saturated carbocycles. The summed E-state index contributed by atoms with van der Waals surface area (Å²) in [6.07, 6.45) is 0. The Bertz CT molecular complexity index is 720. The van der Waals surface area contributed by atoms with E-state index in [9.17, 15) is 9.90 Å². The van der Waals surface area contributed by atoms with E-state index in [2.05, 4.69) is 0 Å². The molecule has 0 spiro atoms. The van der Waals surface area contributed by atoms with E-state index in [0.717, 1.165) is 0 Å². The van der Waals surface area contributed by atoms with Crippen LogP contribution in [0.1, 0.15) is 25.3 Å². The molecule has 0 fully saturated rings. The molecule has 1 heterocycles. The summed E-state index contributed by atoms with van der Waals surface area (Å²) in [7, 11) is -1.64. The van der Waals surface area contributed by atoms with E-state index >= 15 is 8.78 Å². The first-order chi connectivity index (χ1) is 11.8. The van der Waals surface area contributed by atoms with Gasteiger partial charge in [0.15, 0.2) is 0 Å². The third kappa shape index (κ3) is 3.69. The van der Waals surface area contributed by atoms with Gasteiger partial charge in [-0.3, -0.25) is 0 Å². The molecular formula is C18H24F2O5Si. The summed E-state index contributed by atoms with van der Waals surface area (Å²) in [4.78, 5) is 12.5. The Morgan fingerprint density at radius 3 is 2.12 bits per heavy atom. The predicted octanol–water partition coefficient (Wildman–Crippen LogP) is 4.37. The second kappa shape index (κ2) is 6.57. The van der Waals surface area contributed by atoms with Crippen molar-refractivity contribution in [1.82, 2.24) is 0 Å². The van der Waals surface area contributed by atoms with E-state index in [4.69, 9.17) is 14.2 Å². The molecule has 0 saturated heterocycles. The van der Waals surface area contributed by atoms with Crippen molar-refractivity contribution >= 4 is 14.0 Å². The van der Waals surface area contributed by atoms with Crippen LogP contribution in [0.15, 0.2) is 35.8 Å². The molecule has 26 heavy (non-hydrogen) atoms. The molecule has 1 aromatic rings. The first-order valence-corrected chi connectivity index (χ1v) is 11.7. The van der Waals surface area contributed by atoms with Gasteiger partial charge in [-0.1, -0.05) is 31.8 Å². The highest BCUT2D eigenvalue weighted by atomic mass is 28.3. The Morgan fingerprint density at radius 2 is 1.69 bits per heavy atom. The summed E-state index contributed by atoms with van der Waals surface area (Å²) in [6, 6.07) is 5.95. The van der Waals surface area contributed by atoms with Crippen LogP contribution in [0, 0.1) is 0 Å². The number of carbonyl (C=O) groups excluding carboxylic acids is 1. The van der Waals surface area contributed by atoms with Crippen LogP contribution in [0.2, 0.25) is 19.6 Å². The van der Waals surface area contributed by atoms with Crippen molar-refractivity contribution in [1.29, 1.82) is 0 Å². The van der Waals surface area contributed by atoms with Crippen LogP contribution in [0.3, 0.4) is 0 Å². The fourth-order valence-electron chi connectivity index (χ4n) is 2.70. The number of esters is 1. The van der Waals surface area contributed by atoms with Crippen LogP contribution in [-0.4, -0.2) is 37.6 Å². The summed E-state index contributed by atoms with van der Waals surface area (Å²) in [5, 5.41) is 10.3. The number of carbonyl (C=O) groups is 1. The van der Waals surface area contributed by atoms with Crippen LogP contribution >= 0.6 is 0 Å². The molecule has 1 aliphatic heterocycles. The quantitative estimate of drug-likeness (QED) is 0.601. The topological polar surface area (TPSA) is 65.0 Å². The number of aliphatic hydroxyl groups excluding tert-OH is 1. The molecule has 0 bridgehead atoms. The molecule has 144 valence electrons. The predicted molar refractivity (Wildman–Crippen MR) is 94.9 cm³/mol. The average Bonchev–Trinajstić information content (AvgIpc) is 2.48. The second-order valence-electron chi connectivity index (χ2n) is 7.69. The zero-order valence-corrected chi connectivity index (χ0v) is 16.7. The van der Waals surface area contributed by atoms with Crippen molar-refractivity contribution < 1.29 is 32.9 Å². The number of cyclic esters (lactones) is 1. The molecule has 1 N–H and O–H groups in total. The zero-order valence-electron chi connectivity index (χ0n) is 15.7. The normalized spacial score (nSPS) is 18.8. The SMILES string of the molecule is COc1ccc(C(C2=C(O)OC(C)(C)OC2=O)C(F)(F)[Si](C)(C)C)cc1. The Labute approximate surface area is 152 Å². The third-order valence-corrected chi connectivity index (χ3v) is 6.52. The van der Waals surface area contributed by atoms with E-state index in [1.165, 1.54) is 64.9 Å². The fraction of sp³-hybridized carbons (Fsp3) is 0.500. The Morgan fingerprint density at radius 1 is 1.15 bits per heavy atom. The summed E-state index contributed by atoms with van der Waals surface area (Å²) < 4.78 is 46.1. The van der Waals surface area contributed by atoms with Crippen LogP contribution < -0.4 is 4.74 Å². The first-order valence-electron chi connectivity index (χ1n) is 8.17. The lowest BCUT2D eigenvalue weighted by Crippen LogP contribution is -2.52. The third-order valence-electron chi connectivity index (χ3n) is 4.23. The maximum absolute atomic E-state index is 15.4. The van der Waals surface area contributed by atoms with Crippen molar-refractivity contribution in [2.75, 3.05) is 7.11 Å². The molecular weight excluding hydrogens is 362 g/mol. The summed E-state index contributed by atoms with van der Waals surface area (Å²) in [6.45, 7) is 7.33. The molecule has 0 amide bonds. The lowest BCUT2D eigenvalue weighted by atomic mass is 9.90. The molecule has 5 nitrogen and oxygen atoms in total. The molecule has 1 aliphatic rings. The van der Waals surface area contributed by atoms with Gasteiger partial charge in [0, 0.05) is 13.8 Å². The fourth-order valence-corrected chi connectivity index (χ4v) is 3.88. The Hall–Kier alpha value is -2.09. The highest BCUT2D eigenvalue weighted by Crippen LogP contribution is 2.47. The van der Waals surface area contributed by atoms with Crippen LogP contribution in [0.25, 0.3) is 0 Å². The number of methoxy groups -OCH3 is 1. The van der Waals surface area contributed by atoms with Gasteiger partial charge in [0.25, 0.3) is 11.7 Å². The monoisotopic (exact) mass is 386 g/mol. The van der Waals surface area contributed by atoms with Gasteiger partial charge in [-0.05, 0) is 17.7 Å². The smallest absolute Gasteiger partial charge is 0.345 e. The largest absolute Gasteiger partial charge is 0.497 e. The van der Waals surface area contributed by atoms with Crippen molar-refractivity contribution in [2.24, 2.45) is 0 Å². The minimum absolute atomic E-state index is 0.167. The van der Waals surface area contributed by atoms with Gasteiger partial charge in [0.05, 0.1) is 13.0 Å². The number of halogens is 2. The second-order valence-corrected chi connectivity index (χ2v) is 12.9. The number of hydrogen-bond donors (Lipinski definition) is 1. The number of hydrogen-bond acceptors (Lipinski definition) is 5. The van der Waals surface area contributed by atoms with Crippen molar-refractivity contribution in [3.05, 3.63) is 41.3 Å². The lowest BCUT2D eigenvalue weighted by Gasteiger charge is -2.39. The Kier molecular flexibility index (Phi) is 5.11. The van der Waals surface area contributed by atoms with Gasteiger partial charge in [0.1, 0.15) is 19.4 Å². The number of rotatable bonds is 5. The van der Waals surface area contributed by atoms with E-state index < -0.39 is 42.8 Å². The molecule has 1 atom stereocenters. The van der Waals surface area contributed by atoms with Gasteiger partial charge < -0.3 is 19.3 Å². The van der Waals surface area contributed by atoms with Crippen LogP contribution in [-0.2, 0) is 14.3 Å². The summed E-state index contributed by atoms with van der Waals surface area (Å²) >= 11 is 0. The van der Waals surface area contributed by atoms with Crippen molar-refractivity contribution in [3.8, 4) is 5.75 Å². The minimum Gasteiger partial charge on any atom is -0.497 e. The summed E-state index contributed by atoms with van der Waals surface area (Å²) in [5.74, 6) is -4.47. The molecule has 0 radical (unpaired) electrons. The number of alkyl halides is 2. The molecule has 0 aromatic heterocycles. The number of benzene rings is 1. The lowest BCUT2D eigenvalue weighted by molar-refractivity contribution is -0.223. The molecule has 2 rings (SSSR count). The molecule has 1 aromatic carbocycles. The zero-order chi connectivity index (χ0) is 19.9. The molecule has 8 heteroatoms. The maximum Gasteiger partial charge on any atom is 0.345 e. The van der Waals surface area contributed by atoms with Gasteiger partial charge in [0.2, 0.25) is 5.55 Å². The van der Waals surface area contributed by atoms with Crippen LogP contribution in [0.4, 0.5) is 8.78 Å². The van der Waals surface area contributed by atoms with Crippen molar-refractivity contribution in [3.63, 3.8) is 0 Å². The standard InChI is InChI=1S/C18H24F2O5Si/c1-17(2)24-15(21)13(16(22)25-17)14(18(19,20)26(4,5)6)11-7-9-12(23-3)10-8-11/h7-10,14,21H,1-6H3. The highest BCUT2D eigenvalue weighted by molar-refractivity contribution is 6.78. The summed E-state index contributed by atoms with van der Waals surface area (Å²) in [5.41, 5.74) is -3.66. The van der Waals surface area contributed by atoms with Gasteiger partial charge in [-0.2, -0.15) is 0 Å². The first kappa shape index (κ1) is 20.2. The van der Waals surface area contributed by atoms with Crippen LogP contribution in [0.5, 0.6) is 5.75 Å². The number of aliphatic hydroxyl groups is 1. The van der Waals surface area contributed by atoms with E-state index in [-0.39, 0.29) is 5.56 Å². The van der Waals surface area contributed by atoms with E-state index in [1.807, 2.05) is 0 Å². The average molecular weight is 386 g/mol. The van der Waals surface area contributed by atoms with Gasteiger partial charge in [-0.25, -0.2) is 13.6 Å². The van der Waals surface area contributed by atoms with E-state index in [0.29, 0.717) is 5.75 Å².